The molecule has 3 aromatic rings. The normalized spacial score (nSPS) is 15.1. The van der Waals surface area contributed by atoms with Gasteiger partial charge in [0.1, 0.15) is 6.61 Å². The maximum atomic E-state index is 13.6. The lowest BCUT2D eigenvalue weighted by Crippen LogP contribution is -2.39. The fraction of sp³-hybridized carbons (Fsp3) is 0.185. The molecular weight excluding hydrogens is 480 g/mol. The average molecular weight is 505 g/mol. The van der Waals surface area contributed by atoms with Gasteiger partial charge in [-0.1, -0.05) is 60.4 Å². The van der Waals surface area contributed by atoms with Crippen LogP contribution in [0.2, 0.25) is 0 Å². The van der Waals surface area contributed by atoms with Gasteiger partial charge in [0, 0.05) is 6.92 Å². The summed E-state index contributed by atoms with van der Waals surface area (Å²) in [7, 11) is 1.47. The number of nitrogens with zero attached hydrogens (tertiary/aromatic N) is 2. The highest BCUT2D eigenvalue weighted by molar-refractivity contribution is 7.07. The van der Waals surface area contributed by atoms with E-state index in [4.69, 9.17) is 14.2 Å². The van der Waals surface area contributed by atoms with Gasteiger partial charge in [0.05, 0.1) is 29.0 Å². The van der Waals surface area contributed by atoms with Crippen LogP contribution >= 0.6 is 11.3 Å². The van der Waals surface area contributed by atoms with Crippen molar-refractivity contribution in [3.63, 3.8) is 0 Å². The van der Waals surface area contributed by atoms with E-state index in [1.807, 2.05) is 30.3 Å². The summed E-state index contributed by atoms with van der Waals surface area (Å²) in [5.74, 6) is -0.374. The Bertz CT molecular complexity index is 1550. The number of esters is 2. The number of carbonyl (C=O) groups is 2. The van der Waals surface area contributed by atoms with E-state index in [0.717, 1.165) is 5.56 Å². The first-order valence-electron chi connectivity index (χ1n) is 11.1. The molecule has 2 aromatic carbocycles. The smallest absolute Gasteiger partial charge is 0.338 e. The number of ether oxygens (including phenoxy) is 3. The van der Waals surface area contributed by atoms with Crippen LogP contribution in [0.4, 0.5) is 0 Å². The number of hydrogen-bond donors (Lipinski definition) is 0. The van der Waals surface area contributed by atoms with E-state index in [9.17, 15) is 14.4 Å². The number of aromatic nitrogens is 1. The topological polar surface area (TPSA) is 96.2 Å². The van der Waals surface area contributed by atoms with Gasteiger partial charge in [-0.05, 0) is 36.3 Å². The van der Waals surface area contributed by atoms with Crippen LogP contribution in [0.25, 0.3) is 6.08 Å². The molecule has 0 saturated carbocycles. The Morgan fingerprint density at radius 2 is 1.92 bits per heavy atom. The van der Waals surface area contributed by atoms with Crippen LogP contribution in [0.3, 0.4) is 0 Å². The molecule has 8 nitrogen and oxygen atoms in total. The number of carbonyl (C=O) groups excluding carboxylic acids is 2. The van der Waals surface area contributed by atoms with Gasteiger partial charge >= 0.3 is 11.9 Å². The van der Waals surface area contributed by atoms with Gasteiger partial charge in [0.25, 0.3) is 5.56 Å². The van der Waals surface area contributed by atoms with Crippen LogP contribution in [0, 0.1) is 0 Å². The Balaban J connectivity index is 1.87. The molecule has 0 saturated heterocycles. The summed E-state index contributed by atoms with van der Waals surface area (Å²) in [4.78, 5) is 43.0. The predicted octanol–water partition coefficient (Wildman–Crippen LogP) is 2.90. The first-order chi connectivity index (χ1) is 17.3. The molecule has 0 unspecified atom stereocenters. The van der Waals surface area contributed by atoms with Crippen molar-refractivity contribution >= 4 is 29.4 Å². The summed E-state index contributed by atoms with van der Waals surface area (Å²) in [6.45, 7) is 6.68. The summed E-state index contributed by atoms with van der Waals surface area (Å²) in [6, 6.07) is 13.6. The first-order valence-corrected chi connectivity index (χ1v) is 11.9. The molecule has 0 amide bonds. The van der Waals surface area contributed by atoms with Crippen LogP contribution in [0.1, 0.15) is 31.0 Å². The fourth-order valence-electron chi connectivity index (χ4n) is 3.91. The minimum absolute atomic E-state index is 0.0483. The Morgan fingerprint density at radius 3 is 2.58 bits per heavy atom. The van der Waals surface area contributed by atoms with Crippen LogP contribution in [-0.4, -0.2) is 30.2 Å². The predicted molar refractivity (Wildman–Crippen MR) is 136 cm³/mol. The highest BCUT2D eigenvalue weighted by Crippen LogP contribution is 2.31. The van der Waals surface area contributed by atoms with Crippen molar-refractivity contribution in [2.75, 3.05) is 13.7 Å². The molecular formula is C27H24N2O6S. The summed E-state index contributed by atoms with van der Waals surface area (Å²) in [5.41, 5.74) is 1.92. The number of benzene rings is 2. The molecule has 4 rings (SSSR count). The minimum Gasteiger partial charge on any atom is -0.493 e. The van der Waals surface area contributed by atoms with E-state index < -0.39 is 18.0 Å². The van der Waals surface area contributed by atoms with Crippen molar-refractivity contribution in [3.05, 3.63) is 103 Å². The minimum atomic E-state index is -0.692. The zero-order chi connectivity index (χ0) is 25.8. The maximum Gasteiger partial charge on any atom is 0.338 e. The van der Waals surface area contributed by atoms with Gasteiger partial charge in [-0.2, -0.15) is 0 Å². The van der Waals surface area contributed by atoms with Gasteiger partial charge in [-0.15, -0.1) is 0 Å². The van der Waals surface area contributed by atoms with Gasteiger partial charge < -0.3 is 14.2 Å². The number of rotatable bonds is 7. The zero-order valence-corrected chi connectivity index (χ0v) is 20.8. The van der Waals surface area contributed by atoms with Crippen LogP contribution in [-0.2, 0) is 14.3 Å². The Labute approximate surface area is 211 Å². The summed E-state index contributed by atoms with van der Waals surface area (Å²) in [6.07, 6.45) is 3.20. The zero-order valence-electron chi connectivity index (χ0n) is 20.0. The van der Waals surface area contributed by atoms with E-state index >= 15 is 0 Å². The molecule has 9 heteroatoms. The van der Waals surface area contributed by atoms with Gasteiger partial charge in [0.15, 0.2) is 16.3 Å². The Hall–Kier alpha value is -4.24. The third-order valence-corrected chi connectivity index (χ3v) is 6.41. The van der Waals surface area contributed by atoms with E-state index in [-0.39, 0.29) is 17.9 Å². The SMILES string of the molecule is C=CCOC(=O)C1=C(C)N=c2s/c(=C/c3ccc(OC(C)=O)c(OC)c3)c(=O)n2[C@H]1c1ccccc1. The quantitative estimate of drug-likeness (QED) is 0.279. The molecule has 0 bridgehead atoms. The third-order valence-electron chi connectivity index (χ3n) is 5.43. The van der Waals surface area contributed by atoms with Gasteiger partial charge in [-0.3, -0.25) is 14.2 Å². The van der Waals surface area contributed by atoms with E-state index in [1.165, 1.54) is 36.0 Å². The van der Waals surface area contributed by atoms with Crippen LogP contribution in [0.5, 0.6) is 11.5 Å². The van der Waals surface area contributed by atoms with Crippen molar-refractivity contribution < 1.29 is 23.8 Å². The van der Waals surface area contributed by atoms with Crippen molar-refractivity contribution in [2.45, 2.75) is 19.9 Å². The number of fused-ring (bicyclic) bond motifs is 1. The molecule has 0 aliphatic carbocycles. The molecule has 0 N–H and O–H groups in total. The molecule has 184 valence electrons. The molecule has 2 heterocycles. The van der Waals surface area contributed by atoms with E-state index in [2.05, 4.69) is 11.6 Å². The Morgan fingerprint density at radius 1 is 1.17 bits per heavy atom. The van der Waals surface area contributed by atoms with E-state index in [1.54, 1.807) is 31.2 Å². The molecule has 1 aromatic heterocycles. The highest BCUT2D eigenvalue weighted by Gasteiger charge is 2.33. The molecule has 1 aliphatic rings. The second-order valence-corrected chi connectivity index (χ2v) is 8.89. The molecule has 0 radical (unpaired) electrons. The molecule has 0 spiro atoms. The average Bonchev–Trinajstić information content (AvgIpc) is 3.16. The largest absolute Gasteiger partial charge is 0.493 e. The number of methoxy groups -OCH3 is 1. The van der Waals surface area contributed by atoms with Crippen molar-refractivity contribution in [3.8, 4) is 11.5 Å². The van der Waals surface area contributed by atoms with Gasteiger partial charge in [0.2, 0.25) is 0 Å². The second-order valence-electron chi connectivity index (χ2n) is 7.88. The van der Waals surface area contributed by atoms with Crippen LogP contribution < -0.4 is 24.4 Å². The molecule has 1 atom stereocenters. The number of allylic oxidation sites excluding steroid dienone is 1. The first kappa shape index (κ1) is 24.9. The monoisotopic (exact) mass is 504 g/mol. The van der Waals surface area contributed by atoms with Gasteiger partial charge in [-0.25, -0.2) is 9.79 Å². The Kier molecular flexibility index (Phi) is 7.30. The fourth-order valence-corrected chi connectivity index (χ4v) is 4.96. The number of thiazole rings is 1. The summed E-state index contributed by atoms with van der Waals surface area (Å²) >= 11 is 1.22. The lowest BCUT2D eigenvalue weighted by Gasteiger charge is -2.24. The summed E-state index contributed by atoms with van der Waals surface area (Å²) in [5, 5.41) is 0. The standard InChI is InChI=1S/C27H24N2O6S/c1-5-13-34-26(32)23-16(2)28-27-29(24(23)19-9-7-6-8-10-19)25(31)22(36-27)15-18-11-12-20(35-17(3)30)21(14-18)33-4/h5-12,14-15,24H,1,13H2,2-4H3/b22-15+/t24-/m0/s1. The molecule has 0 fully saturated rings. The highest BCUT2D eigenvalue weighted by atomic mass is 32.1. The maximum absolute atomic E-state index is 13.6. The second kappa shape index (κ2) is 10.6. The van der Waals surface area contributed by atoms with Crippen molar-refractivity contribution in [1.29, 1.82) is 0 Å². The summed E-state index contributed by atoms with van der Waals surface area (Å²) < 4.78 is 17.8. The lowest BCUT2D eigenvalue weighted by molar-refractivity contribution is -0.138. The van der Waals surface area contributed by atoms with Crippen molar-refractivity contribution in [2.24, 2.45) is 4.99 Å². The van der Waals surface area contributed by atoms with Crippen molar-refractivity contribution in [1.82, 2.24) is 4.57 Å². The lowest BCUT2D eigenvalue weighted by atomic mass is 9.96. The van der Waals surface area contributed by atoms with E-state index in [0.29, 0.717) is 31.9 Å². The van der Waals surface area contributed by atoms with Crippen LogP contribution in [0.15, 0.2) is 82.2 Å². The number of hydrogen-bond acceptors (Lipinski definition) is 8. The third kappa shape index (κ3) is 4.92. The molecule has 36 heavy (non-hydrogen) atoms. The molecule has 1 aliphatic heterocycles.